The summed E-state index contributed by atoms with van der Waals surface area (Å²) in [5.74, 6) is 0.638. The third-order valence-electron chi connectivity index (χ3n) is 2.91. The lowest BCUT2D eigenvalue weighted by Gasteiger charge is -2.09. The Balaban J connectivity index is 1.83. The lowest BCUT2D eigenvalue weighted by molar-refractivity contribution is -0.688. The van der Waals surface area contributed by atoms with Crippen LogP contribution in [-0.4, -0.2) is 17.1 Å². The number of amides is 1. The number of rotatable bonds is 5. The summed E-state index contributed by atoms with van der Waals surface area (Å²) in [6, 6.07) is 7.61. The largest absolute Gasteiger partial charge is 0.360 e. The second-order valence-corrected chi connectivity index (χ2v) is 4.67. The summed E-state index contributed by atoms with van der Waals surface area (Å²) in [7, 11) is 0. The van der Waals surface area contributed by atoms with E-state index < -0.39 is 0 Å². The summed E-state index contributed by atoms with van der Waals surface area (Å²) in [4.78, 5) is 11.9. The normalized spacial score (nSPS) is 12.2. The van der Waals surface area contributed by atoms with E-state index in [1.165, 1.54) is 12.1 Å². The van der Waals surface area contributed by atoms with Crippen molar-refractivity contribution in [2.24, 2.45) is 0 Å². The van der Waals surface area contributed by atoms with Crippen molar-refractivity contribution in [3.63, 3.8) is 0 Å². The summed E-state index contributed by atoms with van der Waals surface area (Å²) >= 11 is 0. The molecule has 20 heavy (non-hydrogen) atoms. The third kappa shape index (κ3) is 3.89. The first kappa shape index (κ1) is 14.2. The van der Waals surface area contributed by atoms with Crippen molar-refractivity contribution in [1.29, 1.82) is 0 Å². The number of nitrogens with two attached hydrogens (primary N) is 1. The SMILES string of the molecule is Cc1cc(NC(=O)[C@H](C)[NH2+]Cc2ccc(F)cc2)no1. The predicted octanol–water partition coefficient (Wildman–Crippen LogP) is 1.21. The molecule has 0 aliphatic rings. The number of halogens is 1. The molecule has 1 atom stereocenters. The first-order valence-corrected chi connectivity index (χ1v) is 6.36. The average molecular weight is 278 g/mol. The van der Waals surface area contributed by atoms with Crippen molar-refractivity contribution < 1.29 is 19.0 Å². The smallest absolute Gasteiger partial charge is 0.283 e. The second-order valence-electron chi connectivity index (χ2n) is 4.67. The lowest BCUT2D eigenvalue weighted by atomic mass is 10.2. The molecular weight excluding hydrogens is 261 g/mol. The van der Waals surface area contributed by atoms with Gasteiger partial charge >= 0.3 is 0 Å². The van der Waals surface area contributed by atoms with Gasteiger partial charge in [-0.05, 0) is 26.0 Å². The summed E-state index contributed by atoms with van der Waals surface area (Å²) in [6.45, 7) is 4.16. The zero-order valence-corrected chi connectivity index (χ0v) is 11.4. The van der Waals surface area contributed by atoms with E-state index in [-0.39, 0.29) is 17.8 Å². The number of benzene rings is 1. The molecule has 6 heteroatoms. The van der Waals surface area contributed by atoms with Gasteiger partial charge in [-0.1, -0.05) is 17.3 Å². The highest BCUT2D eigenvalue weighted by Crippen LogP contribution is 2.06. The number of nitrogens with zero attached hydrogens (tertiary/aromatic N) is 1. The molecule has 3 N–H and O–H groups in total. The van der Waals surface area contributed by atoms with Gasteiger partial charge in [-0.25, -0.2) is 4.39 Å². The molecule has 1 amide bonds. The van der Waals surface area contributed by atoms with Crippen LogP contribution in [0.3, 0.4) is 0 Å². The van der Waals surface area contributed by atoms with E-state index in [2.05, 4.69) is 10.5 Å². The van der Waals surface area contributed by atoms with Crippen molar-refractivity contribution in [3.8, 4) is 0 Å². The predicted molar refractivity (Wildman–Crippen MR) is 71.4 cm³/mol. The maximum absolute atomic E-state index is 12.8. The van der Waals surface area contributed by atoms with Gasteiger partial charge in [0.1, 0.15) is 18.1 Å². The molecular formula is C14H17FN3O2+. The number of nitrogens with one attached hydrogen (secondary N) is 1. The molecule has 2 aromatic rings. The average Bonchev–Trinajstić information content (AvgIpc) is 2.83. The molecule has 0 unspecified atom stereocenters. The highest BCUT2D eigenvalue weighted by atomic mass is 19.1. The maximum Gasteiger partial charge on any atom is 0.283 e. The first-order valence-electron chi connectivity index (χ1n) is 6.36. The monoisotopic (exact) mass is 278 g/mol. The minimum absolute atomic E-state index is 0.152. The summed E-state index contributed by atoms with van der Waals surface area (Å²) in [5, 5.41) is 8.25. The molecule has 1 heterocycles. The van der Waals surface area contributed by atoms with Crippen LogP contribution >= 0.6 is 0 Å². The Morgan fingerprint density at radius 3 is 2.75 bits per heavy atom. The van der Waals surface area contributed by atoms with E-state index in [1.54, 1.807) is 32.0 Å². The molecule has 0 radical (unpaired) electrons. The van der Waals surface area contributed by atoms with Crippen molar-refractivity contribution in [2.75, 3.05) is 5.32 Å². The number of anilines is 1. The van der Waals surface area contributed by atoms with Gasteiger partial charge in [0.15, 0.2) is 11.9 Å². The van der Waals surface area contributed by atoms with Crippen molar-refractivity contribution in [2.45, 2.75) is 26.4 Å². The van der Waals surface area contributed by atoms with E-state index in [0.29, 0.717) is 18.1 Å². The van der Waals surface area contributed by atoms with Crippen LogP contribution in [0, 0.1) is 12.7 Å². The van der Waals surface area contributed by atoms with Gasteiger partial charge in [-0.15, -0.1) is 0 Å². The highest BCUT2D eigenvalue weighted by molar-refractivity contribution is 5.92. The Bertz CT molecular complexity index is 580. The number of aromatic nitrogens is 1. The Labute approximate surface area is 116 Å². The van der Waals surface area contributed by atoms with Crippen LogP contribution in [0.25, 0.3) is 0 Å². The third-order valence-corrected chi connectivity index (χ3v) is 2.91. The van der Waals surface area contributed by atoms with Crippen molar-refractivity contribution in [3.05, 3.63) is 47.5 Å². The van der Waals surface area contributed by atoms with Gasteiger partial charge in [0, 0.05) is 11.6 Å². The number of hydrogen-bond donors (Lipinski definition) is 2. The van der Waals surface area contributed by atoms with Crippen LogP contribution in [0.2, 0.25) is 0 Å². The number of aryl methyl sites for hydroxylation is 1. The maximum atomic E-state index is 12.8. The summed E-state index contributed by atoms with van der Waals surface area (Å²) in [6.07, 6.45) is 0. The summed E-state index contributed by atoms with van der Waals surface area (Å²) in [5.41, 5.74) is 0.961. The van der Waals surface area contributed by atoms with Crippen molar-refractivity contribution in [1.82, 2.24) is 5.16 Å². The number of hydrogen-bond acceptors (Lipinski definition) is 3. The number of carbonyl (C=O) groups is 1. The van der Waals surface area contributed by atoms with Crippen LogP contribution in [0.15, 0.2) is 34.9 Å². The van der Waals surface area contributed by atoms with Crippen LogP contribution in [-0.2, 0) is 11.3 Å². The molecule has 106 valence electrons. The van der Waals surface area contributed by atoms with E-state index in [0.717, 1.165) is 5.56 Å². The van der Waals surface area contributed by atoms with Crippen LogP contribution in [0.1, 0.15) is 18.2 Å². The van der Waals surface area contributed by atoms with E-state index in [9.17, 15) is 9.18 Å². The fourth-order valence-electron chi connectivity index (χ4n) is 1.71. The molecule has 0 saturated heterocycles. The molecule has 5 nitrogen and oxygen atoms in total. The second kappa shape index (κ2) is 6.29. The fraction of sp³-hybridized carbons (Fsp3) is 0.286. The van der Waals surface area contributed by atoms with Gasteiger partial charge in [-0.3, -0.25) is 4.79 Å². The van der Waals surface area contributed by atoms with Gasteiger partial charge in [0.25, 0.3) is 5.91 Å². The molecule has 0 bridgehead atoms. The topological polar surface area (TPSA) is 71.7 Å². The molecule has 0 spiro atoms. The molecule has 0 aliphatic carbocycles. The van der Waals surface area contributed by atoms with Gasteiger partial charge in [0.2, 0.25) is 0 Å². The molecule has 0 fully saturated rings. The van der Waals surface area contributed by atoms with Gasteiger partial charge in [0.05, 0.1) is 0 Å². The van der Waals surface area contributed by atoms with E-state index >= 15 is 0 Å². The Hall–Kier alpha value is -2.21. The Morgan fingerprint density at radius 1 is 1.45 bits per heavy atom. The minimum Gasteiger partial charge on any atom is -0.360 e. The van der Waals surface area contributed by atoms with Crippen LogP contribution < -0.4 is 10.6 Å². The van der Waals surface area contributed by atoms with E-state index in [1.807, 2.05) is 5.32 Å². The van der Waals surface area contributed by atoms with Gasteiger partial charge in [-0.2, -0.15) is 0 Å². The molecule has 0 aliphatic heterocycles. The molecule has 2 rings (SSSR count). The zero-order chi connectivity index (χ0) is 14.5. The zero-order valence-electron chi connectivity index (χ0n) is 11.4. The Morgan fingerprint density at radius 2 is 2.15 bits per heavy atom. The quantitative estimate of drug-likeness (QED) is 0.863. The Kier molecular flexibility index (Phi) is 4.47. The minimum atomic E-state index is -0.281. The molecule has 1 aromatic carbocycles. The highest BCUT2D eigenvalue weighted by Gasteiger charge is 2.17. The lowest BCUT2D eigenvalue weighted by Crippen LogP contribution is -2.90. The van der Waals surface area contributed by atoms with Crippen LogP contribution in [0.4, 0.5) is 10.2 Å². The summed E-state index contributed by atoms with van der Waals surface area (Å²) < 4.78 is 17.6. The standard InChI is InChI=1S/C14H16FN3O2/c1-9-7-13(18-20-9)17-14(19)10(2)16-8-11-3-5-12(15)6-4-11/h3-7,10,16H,8H2,1-2H3,(H,17,18,19)/p+1/t10-/m0/s1. The molecule has 1 aromatic heterocycles. The number of carbonyl (C=O) groups excluding carboxylic acids is 1. The van der Waals surface area contributed by atoms with E-state index in [4.69, 9.17) is 4.52 Å². The fourth-order valence-corrected chi connectivity index (χ4v) is 1.71. The first-order chi connectivity index (χ1) is 9.54. The van der Waals surface area contributed by atoms with Crippen molar-refractivity contribution >= 4 is 11.7 Å². The van der Waals surface area contributed by atoms with Gasteiger partial charge < -0.3 is 15.2 Å². The van der Waals surface area contributed by atoms with Crippen LogP contribution in [0.5, 0.6) is 0 Å². The molecule has 0 saturated carbocycles. The number of quaternary nitrogens is 1.